The number of thioether (sulfide) groups is 1. The van der Waals surface area contributed by atoms with Crippen molar-refractivity contribution < 1.29 is 5.11 Å². The summed E-state index contributed by atoms with van der Waals surface area (Å²) in [6, 6.07) is 1.51. The van der Waals surface area contributed by atoms with E-state index >= 15 is 0 Å². The molecule has 0 aromatic carbocycles. The monoisotopic (exact) mass is 262 g/mol. The average molecular weight is 263 g/mol. The summed E-state index contributed by atoms with van der Waals surface area (Å²) >= 11 is 6.78. The fraction of sp³-hybridized carbons (Fsp3) is 0.600. The molecule has 90 valence electrons. The van der Waals surface area contributed by atoms with E-state index in [4.69, 9.17) is 11.6 Å². The van der Waals surface area contributed by atoms with Gasteiger partial charge in [0.1, 0.15) is 0 Å². The number of aromatic amines is 1. The Morgan fingerprint density at radius 2 is 2.44 bits per heavy atom. The van der Waals surface area contributed by atoms with Gasteiger partial charge in [-0.3, -0.25) is 4.79 Å². The largest absolute Gasteiger partial charge is 0.391 e. The quantitative estimate of drug-likeness (QED) is 0.462. The number of aliphatic hydroxyl groups is 1. The first-order valence-electron chi connectivity index (χ1n) is 5.12. The number of nitrogens with one attached hydrogen (secondary N) is 1. The lowest BCUT2D eigenvalue weighted by atomic mass is 10.2. The second kappa shape index (κ2) is 6.93. The Bertz CT molecular complexity index is 383. The normalized spacial score (nSPS) is 12.7. The molecule has 0 spiro atoms. The number of H-pyrrole nitrogens is 1. The van der Waals surface area contributed by atoms with Crippen LogP contribution >= 0.6 is 23.4 Å². The van der Waals surface area contributed by atoms with Crippen LogP contribution in [0.2, 0.25) is 0 Å². The lowest BCUT2D eigenvalue weighted by Crippen LogP contribution is -2.14. The number of aryl methyl sites for hydroxylation is 1. The van der Waals surface area contributed by atoms with E-state index in [0.29, 0.717) is 10.9 Å². The molecule has 2 N–H and O–H groups in total. The van der Waals surface area contributed by atoms with E-state index in [1.807, 2.05) is 6.92 Å². The number of halogens is 1. The minimum absolute atomic E-state index is 0.152. The lowest BCUT2D eigenvalue weighted by Gasteiger charge is -2.06. The van der Waals surface area contributed by atoms with Gasteiger partial charge in [0, 0.05) is 23.4 Å². The van der Waals surface area contributed by atoms with Crippen molar-refractivity contribution in [3.63, 3.8) is 0 Å². The third kappa shape index (κ3) is 4.55. The Morgan fingerprint density at radius 3 is 3.06 bits per heavy atom. The molecule has 0 radical (unpaired) electrons. The third-order valence-electron chi connectivity index (χ3n) is 1.87. The van der Waals surface area contributed by atoms with Crippen LogP contribution in [-0.2, 0) is 6.42 Å². The highest BCUT2D eigenvalue weighted by Crippen LogP contribution is 2.13. The zero-order valence-corrected chi connectivity index (χ0v) is 10.6. The van der Waals surface area contributed by atoms with Crippen molar-refractivity contribution in [2.45, 2.75) is 31.0 Å². The topological polar surface area (TPSA) is 66.0 Å². The molecule has 6 heteroatoms. The second-order valence-electron chi connectivity index (χ2n) is 3.41. The van der Waals surface area contributed by atoms with Gasteiger partial charge in [0.2, 0.25) is 0 Å². The molecule has 0 bridgehead atoms. The van der Waals surface area contributed by atoms with Crippen LogP contribution < -0.4 is 5.56 Å². The van der Waals surface area contributed by atoms with Gasteiger partial charge in [-0.1, -0.05) is 25.1 Å². The summed E-state index contributed by atoms with van der Waals surface area (Å²) in [5.74, 6) is 0.619. The van der Waals surface area contributed by atoms with Crippen LogP contribution in [0.15, 0.2) is 16.0 Å². The van der Waals surface area contributed by atoms with Crippen LogP contribution in [-0.4, -0.2) is 32.8 Å². The summed E-state index contributed by atoms with van der Waals surface area (Å²) in [4.78, 5) is 18.2. The first-order chi connectivity index (χ1) is 7.65. The summed E-state index contributed by atoms with van der Waals surface area (Å²) < 4.78 is 0. The van der Waals surface area contributed by atoms with Crippen LogP contribution in [0.25, 0.3) is 0 Å². The van der Waals surface area contributed by atoms with Gasteiger partial charge in [-0.15, -0.1) is 11.6 Å². The Labute approximate surface area is 103 Å². The minimum Gasteiger partial charge on any atom is -0.391 e. The third-order valence-corrected chi connectivity index (χ3v) is 3.24. The number of alkyl halides is 1. The Kier molecular flexibility index (Phi) is 5.87. The SMILES string of the molecule is CCCc1cc(=O)[nH]c(SCC(O)CCl)n1. The summed E-state index contributed by atoms with van der Waals surface area (Å²) in [6.07, 6.45) is 1.16. The van der Waals surface area contributed by atoms with E-state index in [9.17, 15) is 9.90 Å². The zero-order chi connectivity index (χ0) is 12.0. The molecule has 0 amide bonds. The molecule has 4 nitrogen and oxygen atoms in total. The first-order valence-corrected chi connectivity index (χ1v) is 6.64. The molecule has 0 aliphatic carbocycles. The Hall–Kier alpha value is -0.520. The molecular formula is C10H15ClN2O2S. The lowest BCUT2D eigenvalue weighted by molar-refractivity contribution is 0.223. The van der Waals surface area contributed by atoms with Gasteiger partial charge in [0.25, 0.3) is 5.56 Å². The number of aromatic nitrogens is 2. The fourth-order valence-corrected chi connectivity index (χ4v) is 2.22. The fourth-order valence-electron chi connectivity index (χ4n) is 1.16. The molecule has 0 aliphatic heterocycles. The van der Waals surface area contributed by atoms with Crippen molar-refractivity contribution in [3.05, 3.63) is 22.1 Å². The average Bonchev–Trinajstić information content (AvgIpc) is 2.25. The molecule has 1 aromatic rings. The standard InChI is InChI=1S/C10H15ClN2O2S/c1-2-3-7-4-9(15)13-10(12-7)16-6-8(14)5-11/h4,8,14H,2-3,5-6H2,1H3,(H,12,13,15). The molecule has 0 saturated carbocycles. The van der Waals surface area contributed by atoms with E-state index < -0.39 is 6.10 Å². The van der Waals surface area contributed by atoms with E-state index in [0.717, 1.165) is 18.5 Å². The van der Waals surface area contributed by atoms with Gasteiger partial charge in [0.15, 0.2) is 5.16 Å². The number of rotatable bonds is 6. The van der Waals surface area contributed by atoms with Crippen molar-refractivity contribution in [2.75, 3.05) is 11.6 Å². The van der Waals surface area contributed by atoms with Crippen LogP contribution in [0.3, 0.4) is 0 Å². The molecule has 1 aromatic heterocycles. The van der Waals surface area contributed by atoms with E-state index in [1.165, 1.54) is 17.8 Å². The van der Waals surface area contributed by atoms with Gasteiger partial charge in [0.05, 0.1) is 6.10 Å². The van der Waals surface area contributed by atoms with Crippen LogP contribution in [0.1, 0.15) is 19.0 Å². The van der Waals surface area contributed by atoms with E-state index in [-0.39, 0.29) is 11.4 Å². The van der Waals surface area contributed by atoms with Crippen molar-refractivity contribution in [1.82, 2.24) is 9.97 Å². The zero-order valence-electron chi connectivity index (χ0n) is 9.07. The van der Waals surface area contributed by atoms with Crippen LogP contribution in [0.5, 0.6) is 0 Å². The molecule has 0 aliphatic rings. The summed E-state index contributed by atoms with van der Waals surface area (Å²) in [5.41, 5.74) is 0.635. The maximum absolute atomic E-state index is 11.3. The van der Waals surface area contributed by atoms with Gasteiger partial charge >= 0.3 is 0 Å². The smallest absolute Gasteiger partial charge is 0.251 e. The van der Waals surface area contributed by atoms with Crippen LogP contribution in [0, 0.1) is 0 Å². The summed E-state index contributed by atoms with van der Waals surface area (Å²) in [5, 5.41) is 9.83. The molecular weight excluding hydrogens is 248 g/mol. The molecule has 1 rings (SSSR count). The maximum Gasteiger partial charge on any atom is 0.251 e. The van der Waals surface area contributed by atoms with Crippen molar-refractivity contribution in [2.24, 2.45) is 0 Å². The molecule has 0 saturated heterocycles. The van der Waals surface area contributed by atoms with E-state index in [1.54, 1.807) is 0 Å². The van der Waals surface area contributed by atoms with Crippen molar-refractivity contribution in [3.8, 4) is 0 Å². The van der Waals surface area contributed by atoms with E-state index in [2.05, 4.69) is 9.97 Å². The highest BCUT2D eigenvalue weighted by atomic mass is 35.5. The first kappa shape index (κ1) is 13.5. The molecule has 1 unspecified atom stereocenters. The van der Waals surface area contributed by atoms with Gasteiger partial charge in [-0.25, -0.2) is 4.98 Å². The predicted octanol–water partition coefficient (Wildman–Crippen LogP) is 1.41. The molecule has 1 heterocycles. The summed E-state index contributed by atoms with van der Waals surface area (Å²) in [6.45, 7) is 2.03. The second-order valence-corrected chi connectivity index (χ2v) is 4.73. The van der Waals surface area contributed by atoms with Gasteiger partial charge in [-0.2, -0.15) is 0 Å². The van der Waals surface area contributed by atoms with Gasteiger partial charge < -0.3 is 10.1 Å². The maximum atomic E-state index is 11.3. The predicted molar refractivity (Wildman–Crippen MR) is 66.3 cm³/mol. The minimum atomic E-state index is -0.577. The Balaban J connectivity index is 2.68. The highest BCUT2D eigenvalue weighted by Gasteiger charge is 2.06. The number of hydrogen-bond donors (Lipinski definition) is 2. The summed E-state index contributed by atoms with van der Waals surface area (Å²) in [7, 11) is 0. The molecule has 0 fully saturated rings. The highest BCUT2D eigenvalue weighted by molar-refractivity contribution is 7.99. The molecule has 16 heavy (non-hydrogen) atoms. The number of nitrogens with zero attached hydrogens (tertiary/aromatic N) is 1. The van der Waals surface area contributed by atoms with Crippen molar-refractivity contribution >= 4 is 23.4 Å². The number of hydrogen-bond acceptors (Lipinski definition) is 4. The Morgan fingerprint density at radius 1 is 1.69 bits per heavy atom. The van der Waals surface area contributed by atoms with Gasteiger partial charge in [-0.05, 0) is 6.42 Å². The molecule has 1 atom stereocenters. The number of aliphatic hydroxyl groups excluding tert-OH is 1. The van der Waals surface area contributed by atoms with Crippen molar-refractivity contribution in [1.29, 1.82) is 0 Å². The van der Waals surface area contributed by atoms with Crippen LogP contribution in [0.4, 0.5) is 0 Å².